The molecule has 1 atom stereocenters. The first-order chi connectivity index (χ1) is 9.86. The van der Waals surface area contributed by atoms with E-state index in [2.05, 4.69) is 0 Å². The van der Waals surface area contributed by atoms with Crippen LogP contribution < -0.4 is 0 Å². The van der Waals surface area contributed by atoms with Crippen molar-refractivity contribution in [3.05, 3.63) is 29.6 Å². The minimum atomic E-state index is -3.79. The summed E-state index contributed by atoms with van der Waals surface area (Å²) >= 11 is 0. The van der Waals surface area contributed by atoms with Crippen LogP contribution >= 0.6 is 0 Å². The average molecular weight is 316 g/mol. The smallest absolute Gasteiger partial charge is 0.243 e. The first kappa shape index (κ1) is 16.4. The minimum Gasteiger partial charge on any atom is -0.392 e. The van der Waals surface area contributed by atoms with Crippen molar-refractivity contribution in [3.8, 4) is 0 Å². The number of nitrogens with zero attached hydrogens (tertiary/aromatic N) is 2. The molecule has 0 radical (unpaired) electrons. The minimum absolute atomic E-state index is 0.111. The van der Waals surface area contributed by atoms with Crippen LogP contribution in [0, 0.1) is 5.82 Å². The van der Waals surface area contributed by atoms with Crippen LogP contribution in [-0.4, -0.2) is 56.0 Å². The van der Waals surface area contributed by atoms with Crippen LogP contribution in [0.25, 0.3) is 0 Å². The maximum absolute atomic E-state index is 13.4. The Morgan fingerprint density at radius 1 is 1.43 bits per heavy atom. The lowest BCUT2D eigenvalue weighted by Crippen LogP contribution is -2.41. The van der Waals surface area contributed by atoms with E-state index in [-0.39, 0.29) is 16.5 Å². The number of benzene rings is 1. The third-order valence-corrected chi connectivity index (χ3v) is 5.72. The van der Waals surface area contributed by atoms with Gasteiger partial charge in [-0.15, -0.1) is 0 Å². The fraction of sp³-hybridized carbons (Fsp3) is 0.571. The number of rotatable bonds is 5. The molecule has 0 amide bonds. The van der Waals surface area contributed by atoms with E-state index in [9.17, 15) is 17.9 Å². The molecule has 0 aromatic heterocycles. The standard InChI is InChI=1S/C14H21FN2O3S/c1-16(2)9-13-4-3-7-17(13)21(19,20)14-8-12(15)6-5-11(14)10-18/h5-6,8,13,18H,3-4,7,9-10H2,1-2H3. The summed E-state index contributed by atoms with van der Waals surface area (Å²) in [4.78, 5) is 1.81. The van der Waals surface area contributed by atoms with E-state index in [1.165, 1.54) is 10.4 Å². The van der Waals surface area contributed by atoms with Crippen molar-refractivity contribution >= 4 is 10.0 Å². The Kier molecular flexibility index (Phi) is 4.98. The molecule has 7 heteroatoms. The van der Waals surface area contributed by atoms with Gasteiger partial charge in [-0.05, 0) is 44.6 Å². The number of hydrogen-bond donors (Lipinski definition) is 1. The van der Waals surface area contributed by atoms with E-state index in [0.717, 1.165) is 25.0 Å². The first-order valence-corrected chi connectivity index (χ1v) is 8.36. The molecule has 1 N–H and O–H groups in total. The van der Waals surface area contributed by atoms with E-state index in [1.54, 1.807) is 0 Å². The lowest BCUT2D eigenvalue weighted by atomic mass is 10.2. The van der Waals surface area contributed by atoms with Gasteiger partial charge in [0, 0.05) is 19.1 Å². The Morgan fingerprint density at radius 3 is 2.76 bits per heavy atom. The molecule has 1 fully saturated rings. The summed E-state index contributed by atoms with van der Waals surface area (Å²) in [5.41, 5.74) is 0.229. The van der Waals surface area contributed by atoms with Gasteiger partial charge in [0.05, 0.1) is 11.5 Å². The van der Waals surface area contributed by atoms with Gasteiger partial charge < -0.3 is 10.0 Å². The van der Waals surface area contributed by atoms with Gasteiger partial charge in [-0.1, -0.05) is 6.07 Å². The zero-order chi connectivity index (χ0) is 15.6. The average Bonchev–Trinajstić information content (AvgIpc) is 2.86. The van der Waals surface area contributed by atoms with Crippen LogP contribution in [0.5, 0.6) is 0 Å². The zero-order valence-electron chi connectivity index (χ0n) is 12.3. The van der Waals surface area contributed by atoms with Crippen molar-refractivity contribution in [2.45, 2.75) is 30.4 Å². The molecule has 1 unspecified atom stereocenters. The van der Waals surface area contributed by atoms with E-state index in [1.807, 2.05) is 19.0 Å². The van der Waals surface area contributed by atoms with Gasteiger partial charge in [0.25, 0.3) is 0 Å². The maximum atomic E-state index is 13.4. The normalized spacial score (nSPS) is 20.3. The highest BCUT2D eigenvalue weighted by Crippen LogP contribution is 2.28. The van der Waals surface area contributed by atoms with Gasteiger partial charge in [-0.2, -0.15) is 4.31 Å². The fourth-order valence-corrected chi connectivity index (χ4v) is 4.67. The molecule has 1 aliphatic heterocycles. The second-order valence-corrected chi connectivity index (χ2v) is 7.44. The summed E-state index contributed by atoms with van der Waals surface area (Å²) in [6, 6.07) is 3.36. The van der Waals surface area contributed by atoms with E-state index in [4.69, 9.17) is 0 Å². The second-order valence-electron chi connectivity index (χ2n) is 5.58. The summed E-state index contributed by atoms with van der Waals surface area (Å²) in [7, 11) is -0.00546. The van der Waals surface area contributed by atoms with Gasteiger partial charge >= 0.3 is 0 Å². The molecule has 118 valence electrons. The van der Waals surface area contributed by atoms with Crippen LogP contribution in [0.3, 0.4) is 0 Å². The van der Waals surface area contributed by atoms with Crippen molar-refractivity contribution in [2.24, 2.45) is 0 Å². The zero-order valence-corrected chi connectivity index (χ0v) is 13.1. The lowest BCUT2D eigenvalue weighted by molar-refractivity contribution is 0.275. The molecule has 0 bridgehead atoms. The monoisotopic (exact) mass is 316 g/mol. The highest BCUT2D eigenvalue weighted by Gasteiger charge is 2.36. The molecule has 21 heavy (non-hydrogen) atoms. The number of aliphatic hydroxyl groups is 1. The molecule has 1 aromatic carbocycles. The number of halogens is 1. The lowest BCUT2D eigenvalue weighted by Gasteiger charge is -2.27. The third-order valence-electron chi connectivity index (χ3n) is 3.69. The van der Waals surface area contributed by atoms with Gasteiger partial charge in [0.15, 0.2) is 0 Å². The quantitative estimate of drug-likeness (QED) is 0.881. The highest BCUT2D eigenvalue weighted by molar-refractivity contribution is 7.89. The number of aliphatic hydroxyl groups excluding tert-OH is 1. The maximum Gasteiger partial charge on any atom is 0.243 e. The molecular weight excluding hydrogens is 295 g/mol. The van der Waals surface area contributed by atoms with Crippen molar-refractivity contribution in [1.82, 2.24) is 9.21 Å². The largest absolute Gasteiger partial charge is 0.392 e. The summed E-state index contributed by atoms with van der Waals surface area (Å²) in [6.07, 6.45) is 1.59. The van der Waals surface area contributed by atoms with Gasteiger partial charge in [-0.3, -0.25) is 0 Å². The molecule has 1 aromatic rings. The van der Waals surface area contributed by atoms with Crippen LogP contribution in [-0.2, 0) is 16.6 Å². The van der Waals surface area contributed by atoms with E-state index >= 15 is 0 Å². The molecule has 0 spiro atoms. The van der Waals surface area contributed by atoms with Crippen LogP contribution in [0.15, 0.2) is 23.1 Å². The number of likely N-dealkylation sites (N-methyl/N-ethyl adjacent to an activating group) is 1. The molecule has 5 nitrogen and oxygen atoms in total. The van der Waals surface area contributed by atoms with Gasteiger partial charge in [-0.25, -0.2) is 12.8 Å². The van der Waals surface area contributed by atoms with E-state index in [0.29, 0.717) is 13.1 Å². The van der Waals surface area contributed by atoms with Gasteiger partial charge in [0.1, 0.15) is 5.82 Å². The Hall–Kier alpha value is -1.02. The topological polar surface area (TPSA) is 60.9 Å². The summed E-state index contributed by atoms with van der Waals surface area (Å²) in [5, 5.41) is 9.31. The highest BCUT2D eigenvalue weighted by atomic mass is 32.2. The molecule has 0 saturated carbocycles. The molecule has 0 aliphatic carbocycles. The fourth-order valence-electron chi connectivity index (χ4n) is 2.76. The third kappa shape index (κ3) is 3.42. The summed E-state index contributed by atoms with van der Waals surface area (Å²) < 4.78 is 40.4. The van der Waals surface area contributed by atoms with Crippen molar-refractivity contribution in [3.63, 3.8) is 0 Å². The van der Waals surface area contributed by atoms with Crippen molar-refractivity contribution in [2.75, 3.05) is 27.2 Å². The van der Waals surface area contributed by atoms with Crippen LogP contribution in [0.1, 0.15) is 18.4 Å². The molecular formula is C14H21FN2O3S. The van der Waals surface area contributed by atoms with Gasteiger partial charge in [0.2, 0.25) is 10.0 Å². The number of sulfonamides is 1. The summed E-state index contributed by atoms with van der Waals surface area (Å²) in [5.74, 6) is -0.617. The first-order valence-electron chi connectivity index (χ1n) is 6.92. The Balaban J connectivity index is 2.39. The van der Waals surface area contributed by atoms with Crippen LogP contribution in [0.2, 0.25) is 0 Å². The predicted molar refractivity (Wildman–Crippen MR) is 77.8 cm³/mol. The summed E-state index contributed by atoms with van der Waals surface area (Å²) in [6.45, 7) is 0.631. The molecule has 1 aliphatic rings. The SMILES string of the molecule is CN(C)CC1CCCN1S(=O)(=O)c1cc(F)ccc1CO. The molecule has 1 heterocycles. The Bertz CT molecular complexity index is 604. The van der Waals surface area contributed by atoms with Crippen LogP contribution in [0.4, 0.5) is 4.39 Å². The van der Waals surface area contributed by atoms with Crippen molar-refractivity contribution < 1.29 is 17.9 Å². The molecule has 2 rings (SSSR count). The van der Waals surface area contributed by atoms with E-state index < -0.39 is 22.4 Å². The second kappa shape index (κ2) is 6.39. The Labute approximate surface area is 125 Å². The molecule has 1 saturated heterocycles. The Morgan fingerprint density at radius 2 is 2.14 bits per heavy atom. The van der Waals surface area contributed by atoms with Crippen molar-refractivity contribution in [1.29, 1.82) is 0 Å². The predicted octanol–water partition coefficient (Wildman–Crippen LogP) is 1.03. The number of hydrogen-bond acceptors (Lipinski definition) is 4.